The van der Waals surface area contributed by atoms with E-state index in [9.17, 15) is 23.5 Å². The molecule has 2 aromatic carbocycles. The third-order valence-electron chi connectivity index (χ3n) is 7.71. The summed E-state index contributed by atoms with van der Waals surface area (Å²) in [7, 11) is 0. The van der Waals surface area contributed by atoms with E-state index >= 15 is 0 Å². The number of benzene rings is 2. The third-order valence-corrected chi connectivity index (χ3v) is 7.71. The van der Waals surface area contributed by atoms with Crippen molar-refractivity contribution >= 4 is 11.8 Å². The number of nitrogens with zero attached hydrogens (tertiary/aromatic N) is 1. The summed E-state index contributed by atoms with van der Waals surface area (Å²) in [5.41, 5.74) is 1.67. The van der Waals surface area contributed by atoms with E-state index in [-0.39, 0.29) is 35.4 Å². The number of halogens is 2. The predicted molar refractivity (Wildman–Crippen MR) is 161 cm³/mol. The summed E-state index contributed by atoms with van der Waals surface area (Å²) in [6, 6.07) is 7.27. The second-order valence-corrected chi connectivity index (χ2v) is 12.7. The summed E-state index contributed by atoms with van der Waals surface area (Å²) in [6.07, 6.45) is 1.71. The Morgan fingerprint density at radius 3 is 2.21 bits per heavy atom. The Hall–Kier alpha value is -2.88. The van der Waals surface area contributed by atoms with Crippen LogP contribution in [-0.2, 0) is 11.2 Å². The van der Waals surface area contributed by atoms with Crippen LogP contribution in [-0.4, -0.2) is 72.4 Å². The molecule has 2 atom stereocenters. The minimum Gasteiger partial charge on any atom is -0.390 e. The first-order chi connectivity index (χ1) is 19.7. The molecule has 2 aromatic rings. The maximum atomic E-state index is 14.0. The number of rotatable bonds is 15. The van der Waals surface area contributed by atoms with Gasteiger partial charge in [-0.05, 0) is 93.3 Å². The lowest BCUT2D eigenvalue weighted by atomic mass is 9.93. The zero-order chi connectivity index (χ0) is 31.1. The van der Waals surface area contributed by atoms with Crippen LogP contribution in [0.4, 0.5) is 8.78 Å². The monoisotopic (exact) mass is 587 g/mol. The highest BCUT2D eigenvalue weighted by atomic mass is 19.1. The number of hydrogen-bond acceptors (Lipinski definition) is 5. The summed E-state index contributed by atoms with van der Waals surface area (Å²) in [5.74, 6) is -2.12. The van der Waals surface area contributed by atoms with Gasteiger partial charge in [-0.25, -0.2) is 8.78 Å². The Labute approximate surface area is 249 Å². The predicted octanol–water partition coefficient (Wildman–Crippen LogP) is 5.03. The Morgan fingerprint density at radius 2 is 1.64 bits per heavy atom. The molecule has 1 aliphatic carbocycles. The fourth-order valence-corrected chi connectivity index (χ4v) is 4.88. The maximum Gasteiger partial charge on any atom is 0.253 e. The van der Waals surface area contributed by atoms with Crippen molar-refractivity contribution in [3.05, 3.63) is 70.3 Å². The van der Waals surface area contributed by atoms with Crippen LogP contribution in [0, 0.1) is 24.0 Å². The summed E-state index contributed by atoms with van der Waals surface area (Å²) < 4.78 is 33.9. The summed E-state index contributed by atoms with van der Waals surface area (Å²) >= 11 is 0. The molecule has 7 nitrogen and oxygen atoms in total. The molecule has 42 heavy (non-hydrogen) atoms. The molecular formula is C33H47F2N3O4. The third kappa shape index (κ3) is 10.1. The topological polar surface area (TPSA) is 90.9 Å². The summed E-state index contributed by atoms with van der Waals surface area (Å²) in [4.78, 5) is 28.1. The molecule has 0 bridgehead atoms. The molecule has 2 unspecified atom stereocenters. The van der Waals surface area contributed by atoms with Gasteiger partial charge in [-0.15, -0.1) is 0 Å². The first-order valence-corrected chi connectivity index (χ1v) is 14.9. The molecule has 2 amide bonds. The van der Waals surface area contributed by atoms with Gasteiger partial charge in [0.1, 0.15) is 11.6 Å². The number of nitrogens with one attached hydrogen (secondary N) is 2. The number of aryl methyl sites for hydroxylation is 1. The standard InChI is InChI=1S/C33H47F2N3O4/c1-7-38(8-2)31(41)25-14-22(3)13-24(18-25)30(40)37-28(17-23-15-26(34)19-27(35)16-23)29(39)20-36-33(9-10-33)21-42-12-11-32(4,5)6/h13-16,18-19,28-29,36,39H,7-12,17,20-21H2,1-6H3,(H,37,40). The van der Waals surface area contributed by atoms with Crippen molar-refractivity contribution in [1.82, 2.24) is 15.5 Å². The highest BCUT2D eigenvalue weighted by Crippen LogP contribution is 2.36. The number of aliphatic hydroxyl groups is 1. The van der Waals surface area contributed by atoms with Gasteiger partial charge < -0.3 is 25.4 Å². The van der Waals surface area contributed by atoms with Crippen molar-refractivity contribution in [3.8, 4) is 0 Å². The van der Waals surface area contributed by atoms with E-state index in [4.69, 9.17) is 4.74 Å². The molecule has 1 fully saturated rings. The molecule has 3 N–H and O–H groups in total. The molecule has 0 radical (unpaired) electrons. The summed E-state index contributed by atoms with van der Waals surface area (Å²) in [5, 5.41) is 17.5. The zero-order valence-electron chi connectivity index (χ0n) is 25.9. The van der Waals surface area contributed by atoms with Crippen LogP contribution in [0.25, 0.3) is 0 Å². The molecule has 1 saturated carbocycles. The molecule has 0 spiro atoms. The minimum atomic E-state index is -1.06. The molecule has 0 heterocycles. The Kier molecular flexibility index (Phi) is 11.6. The lowest BCUT2D eigenvalue weighted by Crippen LogP contribution is -2.51. The van der Waals surface area contributed by atoms with Crippen LogP contribution >= 0.6 is 0 Å². The fourth-order valence-electron chi connectivity index (χ4n) is 4.88. The lowest BCUT2D eigenvalue weighted by Gasteiger charge is -2.27. The second kappa shape index (κ2) is 14.5. The highest BCUT2D eigenvalue weighted by Gasteiger charge is 2.43. The number of β-amino-alcohol motifs (C(OH)–C–C–N with tert-alkyl or cyclic N) is 1. The first-order valence-electron chi connectivity index (χ1n) is 14.9. The van der Waals surface area contributed by atoms with Crippen LogP contribution in [0.5, 0.6) is 0 Å². The molecule has 3 rings (SSSR count). The van der Waals surface area contributed by atoms with E-state index in [1.54, 1.807) is 30.0 Å². The van der Waals surface area contributed by atoms with Crippen molar-refractivity contribution in [3.63, 3.8) is 0 Å². The van der Waals surface area contributed by atoms with Crippen LogP contribution in [0.1, 0.15) is 85.7 Å². The van der Waals surface area contributed by atoms with Crippen LogP contribution in [0.15, 0.2) is 36.4 Å². The van der Waals surface area contributed by atoms with Gasteiger partial charge in [0.2, 0.25) is 0 Å². The average Bonchev–Trinajstić information content (AvgIpc) is 3.68. The van der Waals surface area contributed by atoms with Gasteiger partial charge in [-0.1, -0.05) is 20.8 Å². The van der Waals surface area contributed by atoms with Crippen molar-refractivity contribution in [2.75, 3.05) is 32.8 Å². The Morgan fingerprint density at radius 1 is 1.02 bits per heavy atom. The molecule has 0 aliphatic heterocycles. The summed E-state index contributed by atoms with van der Waals surface area (Å²) in [6.45, 7) is 14.5. The first kappa shape index (κ1) is 33.6. The van der Waals surface area contributed by atoms with Crippen molar-refractivity contribution in [1.29, 1.82) is 0 Å². The van der Waals surface area contributed by atoms with Crippen molar-refractivity contribution in [2.24, 2.45) is 5.41 Å². The Bertz CT molecular complexity index is 1200. The zero-order valence-corrected chi connectivity index (χ0v) is 25.9. The van der Waals surface area contributed by atoms with Gasteiger partial charge in [-0.2, -0.15) is 0 Å². The smallest absolute Gasteiger partial charge is 0.253 e. The maximum absolute atomic E-state index is 14.0. The largest absolute Gasteiger partial charge is 0.390 e. The van der Waals surface area contributed by atoms with E-state index in [1.165, 1.54) is 12.1 Å². The van der Waals surface area contributed by atoms with Crippen LogP contribution < -0.4 is 10.6 Å². The van der Waals surface area contributed by atoms with Gasteiger partial charge in [0, 0.05) is 49.0 Å². The van der Waals surface area contributed by atoms with E-state index in [0.29, 0.717) is 37.4 Å². The van der Waals surface area contributed by atoms with Gasteiger partial charge in [0.25, 0.3) is 11.8 Å². The van der Waals surface area contributed by atoms with Gasteiger partial charge in [0.05, 0.1) is 18.8 Å². The fraction of sp³-hybridized carbons (Fsp3) is 0.576. The highest BCUT2D eigenvalue weighted by molar-refractivity contribution is 6.00. The van der Waals surface area contributed by atoms with Gasteiger partial charge in [-0.3, -0.25) is 9.59 Å². The minimum absolute atomic E-state index is 0.00933. The average molecular weight is 588 g/mol. The van der Waals surface area contributed by atoms with E-state index in [1.807, 2.05) is 13.8 Å². The number of amides is 2. The number of hydrogen-bond donors (Lipinski definition) is 3. The number of carbonyl (C=O) groups excluding carboxylic acids is 2. The molecular weight excluding hydrogens is 540 g/mol. The quantitative estimate of drug-likeness (QED) is 0.254. The van der Waals surface area contributed by atoms with E-state index in [2.05, 4.69) is 31.4 Å². The number of aliphatic hydroxyl groups excluding tert-OH is 1. The van der Waals surface area contributed by atoms with E-state index < -0.39 is 29.7 Å². The van der Waals surface area contributed by atoms with E-state index in [0.717, 1.165) is 30.9 Å². The molecule has 1 aliphatic rings. The number of ether oxygens (including phenoxy) is 1. The SMILES string of the molecule is CCN(CC)C(=O)c1cc(C)cc(C(=O)NC(Cc2cc(F)cc(F)c2)C(O)CNC2(COCCC(C)(C)C)CC2)c1. The molecule has 0 saturated heterocycles. The van der Waals surface area contributed by atoms with Crippen molar-refractivity contribution < 1.29 is 28.2 Å². The van der Waals surface area contributed by atoms with Gasteiger partial charge in [0.15, 0.2) is 0 Å². The van der Waals surface area contributed by atoms with Crippen molar-refractivity contribution in [2.45, 2.75) is 84.9 Å². The lowest BCUT2D eigenvalue weighted by molar-refractivity contribution is 0.0685. The number of carbonyl (C=O) groups is 2. The Balaban J connectivity index is 1.74. The molecule has 9 heteroatoms. The van der Waals surface area contributed by atoms with Gasteiger partial charge >= 0.3 is 0 Å². The van der Waals surface area contributed by atoms with Crippen LogP contribution in [0.3, 0.4) is 0 Å². The van der Waals surface area contributed by atoms with Crippen LogP contribution in [0.2, 0.25) is 0 Å². The second-order valence-electron chi connectivity index (χ2n) is 12.7. The normalized spacial score (nSPS) is 15.6. The molecule has 0 aromatic heterocycles. The molecule has 232 valence electrons.